The van der Waals surface area contributed by atoms with Crippen LogP contribution in [0.5, 0.6) is 0 Å². The van der Waals surface area contributed by atoms with E-state index in [1.807, 2.05) is 17.7 Å². The van der Waals surface area contributed by atoms with E-state index in [0.717, 1.165) is 11.3 Å². The fourth-order valence-corrected chi connectivity index (χ4v) is 1.85. The number of nitrogens with zero attached hydrogens (tertiary/aromatic N) is 2. The van der Waals surface area contributed by atoms with Crippen LogP contribution >= 0.6 is 11.3 Å². The van der Waals surface area contributed by atoms with Crippen LogP contribution in [-0.2, 0) is 7.05 Å². The minimum absolute atomic E-state index is 0.0405. The van der Waals surface area contributed by atoms with Gasteiger partial charge in [0, 0.05) is 17.8 Å². The van der Waals surface area contributed by atoms with Crippen LogP contribution in [0.15, 0.2) is 15.6 Å². The predicted octanol–water partition coefficient (Wildman–Crippen LogP) is 1.30. The van der Waals surface area contributed by atoms with E-state index in [9.17, 15) is 4.79 Å². The summed E-state index contributed by atoms with van der Waals surface area (Å²) < 4.78 is 1.56. The summed E-state index contributed by atoms with van der Waals surface area (Å²) in [6, 6.07) is 0. The van der Waals surface area contributed by atoms with Gasteiger partial charge in [0.05, 0.1) is 10.9 Å². The summed E-state index contributed by atoms with van der Waals surface area (Å²) in [6.07, 6.45) is 0. The van der Waals surface area contributed by atoms with E-state index in [1.54, 1.807) is 11.6 Å². The van der Waals surface area contributed by atoms with Crippen molar-refractivity contribution in [2.45, 2.75) is 6.92 Å². The van der Waals surface area contributed by atoms with Gasteiger partial charge in [-0.15, -0.1) is 11.3 Å². The Labute approximate surface area is 73.3 Å². The first-order chi connectivity index (χ1) is 5.70. The standard InChI is InChI=1S/C8H8N2OS/c1-5-9-7-4-12-3-6(7)8(11)10(5)2/h3-4H,1-2H3. The first kappa shape index (κ1) is 7.49. The molecular weight excluding hydrogens is 172 g/mol. The minimum atomic E-state index is 0.0405. The van der Waals surface area contributed by atoms with Crippen LogP contribution in [0.2, 0.25) is 0 Å². The van der Waals surface area contributed by atoms with Crippen LogP contribution in [0.4, 0.5) is 0 Å². The second-order valence-electron chi connectivity index (χ2n) is 2.69. The van der Waals surface area contributed by atoms with E-state index in [2.05, 4.69) is 4.98 Å². The first-order valence-electron chi connectivity index (χ1n) is 3.59. The second-order valence-corrected chi connectivity index (χ2v) is 3.44. The Morgan fingerprint density at radius 3 is 3.00 bits per heavy atom. The summed E-state index contributed by atoms with van der Waals surface area (Å²) in [6.45, 7) is 1.83. The Bertz CT molecular complexity index is 483. The van der Waals surface area contributed by atoms with E-state index in [1.165, 1.54) is 11.3 Å². The fraction of sp³-hybridized carbons (Fsp3) is 0.250. The Balaban J connectivity index is 3.05. The molecule has 2 heterocycles. The quantitative estimate of drug-likeness (QED) is 0.612. The lowest BCUT2D eigenvalue weighted by atomic mass is 10.4. The smallest absolute Gasteiger partial charge is 0.261 e. The van der Waals surface area contributed by atoms with Gasteiger partial charge < -0.3 is 0 Å². The molecule has 0 fully saturated rings. The second kappa shape index (κ2) is 2.42. The highest BCUT2D eigenvalue weighted by molar-refractivity contribution is 7.09. The zero-order chi connectivity index (χ0) is 8.72. The SMILES string of the molecule is Cc1nc2cscc2c(=O)n1C. The van der Waals surface area contributed by atoms with Crippen molar-refractivity contribution in [3.05, 3.63) is 26.9 Å². The molecular formula is C8H8N2OS. The average Bonchev–Trinajstić information content (AvgIpc) is 2.48. The topological polar surface area (TPSA) is 34.9 Å². The van der Waals surface area contributed by atoms with Gasteiger partial charge in [0.15, 0.2) is 0 Å². The number of hydrogen-bond acceptors (Lipinski definition) is 3. The lowest BCUT2D eigenvalue weighted by Crippen LogP contribution is -2.19. The first-order valence-corrected chi connectivity index (χ1v) is 4.54. The third-order valence-electron chi connectivity index (χ3n) is 1.94. The molecule has 0 spiro atoms. The zero-order valence-corrected chi connectivity index (χ0v) is 7.68. The maximum absolute atomic E-state index is 11.5. The van der Waals surface area contributed by atoms with Gasteiger partial charge >= 0.3 is 0 Å². The summed E-state index contributed by atoms with van der Waals surface area (Å²) >= 11 is 1.51. The van der Waals surface area contributed by atoms with Gasteiger partial charge in [0.1, 0.15) is 5.82 Å². The molecule has 0 atom stereocenters. The summed E-state index contributed by atoms with van der Waals surface area (Å²) in [5.41, 5.74) is 0.847. The monoisotopic (exact) mass is 180 g/mol. The predicted molar refractivity (Wildman–Crippen MR) is 49.6 cm³/mol. The molecule has 0 aromatic carbocycles. The molecule has 0 unspecified atom stereocenters. The molecule has 0 aliphatic heterocycles. The minimum Gasteiger partial charge on any atom is -0.299 e. The van der Waals surface area contributed by atoms with Crippen LogP contribution in [-0.4, -0.2) is 9.55 Å². The molecule has 0 N–H and O–H groups in total. The molecule has 3 nitrogen and oxygen atoms in total. The Morgan fingerprint density at radius 2 is 2.25 bits per heavy atom. The largest absolute Gasteiger partial charge is 0.299 e. The van der Waals surface area contributed by atoms with Crippen molar-refractivity contribution >= 4 is 22.2 Å². The molecule has 0 aliphatic carbocycles. The zero-order valence-electron chi connectivity index (χ0n) is 6.87. The van der Waals surface area contributed by atoms with Crippen molar-refractivity contribution in [3.8, 4) is 0 Å². The molecule has 0 aliphatic rings. The highest BCUT2D eigenvalue weighted by Crippen LogP contribution is 2.12. The molecule has 0 radical (unpaired) electrons. The number of fused-ring (bicyclic) bond motifs is 1. The van der Waals surface area contributed by atoms with Gasteiger partial charge in [-0.25, -0.2) is 4.98 Å². The molecule has 2 aromatic rings. The highest BCUT2D eigenvalue weighted by Gasteiger charge is 2.04. The number of rotatable bonds is 0. The molecule has 62 valence electrons. The Hall–Kier alpha value is -1.16. The summed E-state index contributed by atoms with van der Waals surface area (Å²) in [7, 11) is 1.74. The van der Waals surface area contributed by atoms with E-state index < -0.39 is 0 Å². The van der Waals surface area contributed by atoms with Crippen LogP contribution in [0.25, 0.3) is 10.9 Å². The van der Waals surface area contributed by atoms with E-state index in [4.69, 9.17) is 0 Å². The van der Waals surface area contributed by atoms with E-state index in [0.29, 0.717) is 5.39 Å². The van der Waals surface area contributed by atoms with Crippen LogP contribution in [0, 0.1) is 6.92 Å². The van der Waals surface area contributed by atoms with Crippen molar-refractivity contribution in [2.75, 3.05) is 0 Å². The van der Waals surface area contributed by atoms with Gasteiger partial charge in [0.2, 0.25) is 0 Å². The van der Waals surface area contributed by atoms with Crippen molar-refractivity contribution in [1.82, 2.24) is 9.55 Å². The van der Waals surface area contributed by atoms with Gasteiger partial charge in [-0.05, 0) is 6.92 Å². The summed E-state index contributed by atoms with van der Waals surface area (Å²) in [4.78, 5) is 15.8. The summed E-state index contributed by atoms with van der Waals surface area (Å²) in [5, 5.41) is 4.45. The number of hydrogen-bond donors (Lipinski definition) is 0. The Kier molecular flexibility index (Phi) is 1.51. The lowest BCUT2D eigenvalue weighted by Gasteiger charge is -2.00. The fourth-order valence-electron chi connectivity index (χ4n) is 1.11. The molecule has 0 amide bonds. The molecule has 2 rings (SSSR count). The molecule has 12 heavy (non-hydrogen) atoms. The Morgan fingerprint density at radius 1 is 1.50 bits per heavy atom. The third-order valence-corrected chi connectivity index (χ3v) is 2.68. The highest BCUT2D eigenvalue weighted by atomic mass is 32.1. The van der Waals surface area contributed by atoms with Crippen molar-refractivity contribution in [2.24, 2.45) is 7.05 Å². The van der Waals surface area contributed by atoms with Crippen LogP contribution in [0.1, 0.15) is 5.82 Å². The maximum atomic E-state index is 11.5. The van der Waals surface area contributed by atoms with Gasteiger partial charge in [-0.1, -0.05) is 0 Å². The lowest BCUT2D eigenvalue weighted by molar-refractivity contribution is 0.793. The van der Waals surface area contributed by atoms with Crippen LogP contribution in [0.3, 0.4) is 0 Å². The number of thiophene rings is 1. The maximum Gasteiger partial charge on any atom is 0.261 e. The van der Waals surface area contributed by atoms with E-state index >= 15 is 0 Å². The molecule has 0 bridgehead atoms. The number of aryl methyl sites for hydroxylation is 1. The summed E-state index contributed by atoms with van der Waals surface area (Å²) in [5.74, 6) is 0.755. The molecule has 0 saturated heterocycles. The third kappa shape index (κ3) is 0.881. The number of aromatic nitrogens is 2. The molecule has 2 aromatic heterocycles. The van der Waals surface area contributed by atoms with Crippen molar-refractivity contribution < 1.29 is 0 Å². The van der Waals surface area contributed by atoms with Gasteiger partial charge in [-0.3, -0.25) is 9.36 Å². The molecule has 4 heteroatoms. The normalized spacial score (nSPS) is 10.8. The van der Waals surface area contributed by atoms with Crippen molar-refractivity contribution in [1.29, 1.82) is 0 Å². The van der Waals surface area contributed by atoms with E-state index in [-0.39, 0.29) is 5.56 Å². The van der Waals surface area contributed by atoms with Gasteiger partial charge in [-0.2, -0.15) is 0 Å². The average molecular weight is 180 g/mol. The van der Waals surface area contributed by atoms with Crippen LogP contribution < -0.4 is 5.56 Å². The van der Waals surface area contributed by atoms with Gasteiger partial charge in [0.25, 0.3) is 5.56 Å². The van der Waals surface area contributed by atoms with Crippen molar-refractivity contribution in [3.63, 3.8) is 0 Å². The molecule has 0 saturated carbocycles.